The Morgan fingerprint density at radius 2 is 1.94 bits per heavy atom. The Bertz CT molecular complexity index is 1130. The summed E-state index contributed by atoms with van der Waals surface area (Å²) in [6, 6.07) is 21.4. The van der Waals surface area contributed by atoms with Gasteiger partial charge in [-0.15, -0.1) is 0 Å². The summed E-state index contributed by atoms with van der Waals surface area (Å²) in [5.41, 5.74) is 2.75. The molecule has 1 aliphatic rings. The van der Waals surface area contributed by atoms with Gasteiger partial charge in [-0.2, -0.15) is 5.26 Å². The number of aliphatic hydroxyl groups is 2. The number of hydrogen-bond donors (Lipinski definition) is 2. The van der Waals surface area contributed by atoms with Gasteiger partial charge in [0.25, 0.3) is 0 Å². The molecule has 1 aromatic heterocycles. The lowest BCUT2D eigenvalue weighted by molar-refractivity contribution is 0.00672. The van der Waals surface area contributed by atoms with E-state index < -0.39 is 5.60 Å². The second kappa shape index (κ2) is 9.90. The Morgan fingerprint density at radius 3 is 2.58 bits per heavy atom. The molecule has 0 aliphatic carbocycles. The van der Waals surface area contributed by atoms with Gasteiger partial charge in [-0.05, 0) is 42.3 Å². The number of anilines is 1. The Balaban J connectivity index is 1.58. The maximum atomic E-state index is 11.2. The molecule has 170 valence electrons. The number of aromatic nitrogens is 1. The predicted octanol–water partition coefficient (Wildman–Crippen LogP) is 3.87. The topological polar surface area (TPSA) is 83.6 Å². The zero-order valence-corrected chi connectivity index (χ0v) is 19.3. The molecule has 0 radical (unpaired) electrons. The van der Waals surface area contributed by atoms with Gasteiger partial charge in [-0.3, -0.25) is 9.88 Å². The molecule has 7 heteroatoms. The molecule has 3 aromatic rings. The minimum Gasteiger partial charge on any atom is -0.392 e. The van der Waals surface area contributed by atoms with Crippen molar-refractivity contribution in [3.05, 3.63) is 94.3 Å². The van der Waals surface area contributed by atoms with Crippen molar-refractivity contribution in [1.82, 2.24) is 9.88 Å². The van der Waals surface area contributed by atoms with Crippen LogP contribution in [-0.4, -0.2) is 46.3 Å². The largest absolute Gasteiger partial charge is 0.392 e. The van der Waals surface area contributed by atoms with E-state index in [1.165, 1.54) is 0 Å². The first kappa shape index (κ1) is 23.2. The van der Waals surface area contributed by atoms with Gasteiger partial charge in [0.05, 0.1) is 40.7 Å². The number of β-amino-alcohol motifs (C(OH)–C–C–N with tert-alkyl or cyclic N) is 1. The first-order valence-electron chi connectivity index (χ1n) is 10.9. The van der Waals surface area contributed by atoms with Crippen molar-refractivity contribution in [2.75, 3.05) is 31.1 Å². The van der Waals surface area contributed by atoms with Crippen molar-refractivity contribution >= 4 is 17.3 Å². The lowest BCUT2D eigenvalue weighted by Crippen LogP contribution is -2.52. The summed E-state index contributed by atoms with van der Waals surface area (Å²) in [7, 11) is 0. The second-order valence-corrected chi connectivity index (χ2v) is 9.02. The van der Waals surface area contributed by atoms with Gasteiger partial charge in [0, 0.05) is 32.4 Å². The zero-order valence-electron chi connectivity index (χ0n) is 18.5. The van der Waals surface area contributed by atoms with Gasteiger partial charge in [-0.1, -0.05) is 48.0 Å². The molecule has 0 unspecified atom stereocenters. The average molecular weight is 463 g/mol. The van der Waals surface area contributed by atoms with Crippen molar-refractivity contribution in [3.8, 4) is 6.07 Å². The molecule has 2 aromatic carbocycles. The number of hydrogen-bond acceptors (Lipinski definition) is 6. The third-order valence-electron chi connectivity index (χ3n) is 6.13. The summed E-state index contributed by atoms with van der Waals surface area (Å²) >= 11 is 6.57. The Morgan fingerprint density at radius 1 is 1.15 bits per heavy atom. The van der Waals surface area contributed by atoms with Crippen LogP contribution >= 0.6 is 11.6 Å². The van der Waals surface area contributed by atoms with Crippen molar-refractivity contribution in [2.24, 2.45) is 0 Å². The van der Waals surface area contributed by atoms with Crippen LogP contribution in [-0.2, 0) is 12.2 Å². The Labute approximate surface area is 199 Å². The minimum absolute atomic E-state index is 0.0332. The third kappa shape index (κ3) is 5.18. The number of pyridine rings is 1. The third-order valence-corrected chi connectivity index (χ3v) is 6.43. The van der Waals surface area contributed by atoms with E-state index in [4.69, 9.17) is 11.6 Å². The zero-order chi connectivity index (χ0) is 23.4. The van der Waals surface area contributed by atoms with Crippen LogP contribution in [0.1, 0.15) is 35.3 Å². The number of halogens is 1. The van der Waals surface area contributed by atoms with E-state index in [0.717, 1.165) is 24.3 Å². The number of aliphatic hydroxyl groups excluding tert-OH is 1. The monoisotopic (exact) mass is 462 g/mol. The van der Waals surface area contributed by atoms with Gasteiger partial charge in [0.2, 0.25) is 0 Å². The van der Waals surface area contributed by atoms with Gasteiger partial charge < -0.3 is 15.1 Å². The molecule has 2 heterocycles. The van der Waals surface area contributed by atoms with Crippen molar-refractivity contribution < 1.29 is 10.2 Å². The molecule has 0 bridgehead atoms. The SMILES string of the molecule is C[C@@](O)(CN1CCN(c2ccc(C#N)cc2Cl)[C@H](c2ccccc2)C1)c1ccc(CO)cn1. The first-order chi connectivity index (χ1) is 15.9. The number of nitrogens with zero attached hydrogens (tertiary/aromatic N) is 4. The predicted molar refractivity (Wildman–Crippen MR) is 129 cm³/mol. The fourth-order valence-corrected chi connectivity index (χ4v) is 4.68. The van der Waals surface area contributed by atoms with Gasteiger partial charge in [-0.25, -0.2) is 0 Å². The van der Waals surface area contributed by atoms with Crippen molar-refractivity contribution in [1.29, 1.82) is 5.26 Å². The highest BCUT2D eigenvalue weighted by molar-refractivity contribution is 6.33. The van der Waals surface area contributed by atoms with E-state index in [9.17, 15) is 15.5 Å². The molecule has 6 nitrogen and oxygen atoms in total. The van der Waals surface area contributed by atoms with Crippen LogP contribution in [0.5, 0.6) is 0 Å². The highest BCUT2D eigenvalue weighted by Gasteiger charge is 2.34. The van der Waals surface area contributed by atoms with Crippen LogP contribution < -0.4 is 4.90 Å². The molecule has 2 N–H and O–H groups in total. The van der Waals surface area contributed by atoms with Gasteiger partial charge in [0.1, 0.15) is 5.60 Å². The molecular formula is C26H27ClN4O2. The Hall–Kier alpha value is -2.95. The fraction of sp³-hybridized carbons (Fsp3) is 0.308. The highest BCUT2D eigenvalue weighted by atomic mass is 35.5. The lowest BCUT2D eigenvalue weighted by atomic mass is 9.97. The van der Waals surface area contributed by atoms with E-state index in [1.807, 2.05) is 24.3 Å². The van der Waals surface area contributed by atoms with E-state index in [2.05, 4.69) is 33.0 Å². The molecular weight excluding hydrogens is 436 g/mol. The van der Waals surface area contributed by atoms with E-state index in [1.54, 1.807) is 37.4 Å². The average Bonchev–Trinajstić information content (AvgIpc) is 2.84. The van der Waals surface area contributed by atoms with Crippen LogP contribution in [0.2, 0.25) is 5.02 Å². The van der Waals surface area contributed by atoms with Crippen molar-refractivity contribution in [3.63, 3.8) is 0 Å². The standard InChI is InChI=1S/C26H27ClN4O2/c1-26(33,25-10-8-20(17-32)15-29-25)18-30-11-12-31(23-9-7-19(14-28)13-22(23)27)24(16-30)21-5-3-2-4-6-21/h2-10,13,15,24,32-33H,11-12,16-18H2,1H3/t24-,26+/m0/s1. The van der Waals surface area contributed by atoms with Gasteiger partial charge in [0.15, 0.2) is 0 Å². The van der Waals surface area contributed by atoms with Gasteiger partial charge >= 0.3 is 0 Å². The van der Waals surface area contributed by atoms with E-state index in [-0.39, 0.29) is 12.6 Å². The number of piperazine rings is 1. The van der Waals surface area contributed by atoms with E-state index >= 15 is 0 Å². The molecule has 33 heavy (non-hydrogen) atoms. The summed E-state index contributed by atoms with van der Waals surface area (Å²) < 4.78 is 0. The summed E-state index contributed by atoms with van der Waals surface area (Å²) in [6.07, 6.45) is 1.60. The molecule has 1 fully saturated rings. The first-order valence-corrected chi connectivity index (χ1v) is 11.3. The van der Waals surface area contributed by atoms with Crippen LogP contribution in [0.3, 0.4) is 0 Å². The molecule has 2 atom stereocenters. The maximum Gasteiger partial charge on any atom is 0.116 e. The summed E-state index contributed by atoms with van der Waals surface area (Å²) in [5, 5.41) is 30.2. The number of benzene rings is 2. The summed E-state index contributed by atoms with van der Waals surface area (Å²) in [4.78, 5) is 8.88. The van der Waals surface area contributed by atoms with Crippen LogP contribution in [0, 0.1) is 11.3 Å². The van der Waals surface area contributed by atoms with Crippen LogP contribution in [0.4, 0.5) is 5.69 Å². The second-order valence-electron chi connectivity index (χ2n) is 8.62. The summed E-state index contributed by atoms with van der Waals surface area (Å²) in [5.74, 6) is 0. The van der Waals surface area contributed by atoms with E-state index in [0.29, 0.717) is 34.9 Å². The smallest absolute Gasteiger partial charge is 0.116 e. The van der Waals surface area contributed by atoms with Crippen molar-refractivity contribution in [2.45, 2.75) is 25.2 Å². The number of rotatable bonds is 6. The molecule has 4 rings (SSSR count). The van der Waals surface area contributed by atoms with Crippen LogP contribution in [0.15, 0.2) is 66.9 Å². The minimum atomic E-state index is -1.14. The molecule has 0 amide bonds. The molecule has 0 spiro atoms. The summed E-state index contributed by atoms with van der Waals surface area (Å²) in [6.45, 7) is 4.29. The quantitative estimate of drug-likeness (QED) is 0.578. The molecule has 0 saturated carbocycles. The normalized spacial score (nSPS) is 18.5. The maximum absolute atomic E-state index is 11.2. The highest BCUT2D eigenvalue weighted by Crippen LogP contribution is 2.36. The number of nitriles is 1. The Kier molecular flexibility index (Phi) is 6.96. The molecule has 1 saturated heterocycles. The lowest BCUT2D eigenvalue weighted by Gasteiger charge is -2.45. The molecule has 1 aliphatic heterocycles. The van der Waals surface area contributed by atoms with Crippen LogP contribution in [0.25, 0.3) is 0 Å². The fourth-order valence-electron chi connectivity index (χ4n) is 4.39.